The van der Waals surface area contributed by atoms with Crippen LogP contribution in [0.25, 0.3) is 21.9 Å². The Labute approximate surface area is 220 Å². The van der Waals surface area contributed by atoms with Gasteiger partial charge in [0.25, 0.3) is 5.91 Å². The van der Waals surface area contributed by atoms with Crippen molar-refractivity contribution in [1.29, 1.82) is 0 Å². The summed E-state index contributed by atoms with van der Waals surface area (Å²) in [6.45, 7) is 0.225. The molecule has 4 aromatic carbocycles. The summed E-state index contributed by atoms with van der Waals surface area (Å²) in [4.78, 5) is 30.1. The number of ketones is 1. The summed E-state index contributed by atoms with van der Waals surface area (Å²) in [6.07, 6.45) is 0. The predicted octanol–water partition coefficient (Wildman–Crippen LogP) is 5.60. The Morgan fingerprint density at radius 2 is 1.53 bits per heavy atom. The first-order chi connectivity index (χ1) is 18.5. The van der Waals surface area contributed by atoms with Gasteiger partial charge < -0.3 is 25.5 Å². The van der Waals surface area contributed by atoms with Gasteiger partial charge in [-0.1, -0.05) is 72.8 Å². The third kappa shape index (κ3) is 4.69. The van der Waals surface area contributed by atoms with Gasteiger partial charge in [0.05, 0.1) is 25.5 Å². The lowest BCUT2D eigenvalue weighted by atomic mass is 9.94. The molecule has 0 aliphatic carbocycles. The van der Waals surface area contributed by atoms with Crippen molar-refractivity contribution in [1.82, 2.24) is 10.3 Å². The van der Waals surface area contributed by atoms with Crippen LogP contribution in [0.1, 0.15) is 32.0 Å². The molecule has 4 N–H and O–H groups in total. The summed E-state index contributed by atoms with van der Waals surface area (Å²) in [5.41, 5.74) is 9.33. The number of carbonyl (C=O) groups is 2. The van der Waals surface area contributed by atoms with Crippen LogP contribution in [-0.4, -0.2) is 30.9 Å². The molecule has 1 aromatic heterocycles. The highest BCUT2D eigenvalue weighted by Gasteiger charge is 2.27. The van der Waals surface area contributed by atoms with Crippen molar-refractivity contribution in [3.8, 4) is 22.6 Å². The quantitative estimate of drug-likeness (QED) is 0.238. The summed E-state index contributed by atoms with van der Waals surface area (Å²) in [6, 6.07) is 28.1. The normalized spacial score (nSPS) is 10.8. The standard InChI is InChI=1S/C31H27N3O4/c1-37-24-15-12-19(16-25(24)38-2)18-33-31(36)27-26(23-14-13-20-8-6-7-11-22(20)17-23)28(34-30(27)32)29(35)21-9-4-3-5-10-21/h3-17,34H,18,32H2,1-2H3,(H,33,36). The average molecular weight is 506 g/mol. The van der Waals surface area contributed by atoms with E-state index in [0.29, 0.717) is 28.2 Å². The topological polar surface area (TPSA) is 106 Å². The first-order valence-corrected chi connectivity index (χ1v) is 12.1. The number of nitrogen functional groups attached to an aromatic ring is 1. The van der Waals surface area contributed by atoms with E-state index in [0.717, 1.165) is 16.3 Å². The van der Waals surface area contributed by atoms with Crippen LogP contribution in [0.2, 0.25) is 0 Å². The smallest absolute Gasteiger partial charge is 0.255 e. The molecule has 0 aliphatic rings. The molecule has 5 rings (SSSR count). The van der Waals surface area contributed by atoms with Gasteiger partial charge in [0, 0.05) is 17.7 Å². The second kappa shape index (κ2) is 10.5. The summed E-state index contributed by atoms with van der Waals surface area (Å²) < 4.78 is 10.7. The largest absolute Gasteiger partial charge is 0.493 e. The molecule has 7 nitrogen and oxygen atoms in total. The SMILES string of the molecule is COc1ccc(CNC(=O)c2c(N)[nH]c(C(=O)c3ccccc3)c2-c2ccc3ccccc3c2)cc1OC. The lowest BCUT2D eigenvalue weighted by Gasteiger charge is -2.12. The van der Waals surface area contributed by atoms with Crippen LogP contribution in [0.5, 0.6) is 11.5 Å². The van der Waals surface area contributed by atoms with Crippen LogP contribution >= 0.6 is 0 Å². The molecule has 1 amide bonds. The van der Waals surface area contributed by atoms with Crippen LogP contribution in [0.15, 0.2) is 91.0 Å². The molecule has 0 saturated heterocycles. The van der Waals surface area contributed by atoms with Crippen LogP contribution in [-0.2, 0) is 6.54 Å². The number of nitrogens with one attached hydrogen (secondary N) is 2. The lowest BCUT2D eigenvalue weighted by molar-refractivity contribution is 0.0952. The number of rotatable bonds is 8. The van der Waals surface area contributed by atoms with E-state index in [1.165, 1.54) is 0 Å². The Bertz CT molecular complexity index is 1640. The second-order valence-corrected chi connectivity index (χ2v) is 8.79. The highest BCUT2D eigenvalue weighted by molar-refractivity contribution is 6.17. The maximum atomic E-state index is 13.6. The summed E-state index contributed by atoms with van der Waals surface area (Å²) in [5, 5.41) is 4.97. The summed E-state index contributed by atoms with van der Waals surface area (Å²) in [5.74, 6) is 0.633. The van der Waals surface area contributed by atoms with Gasteiger partial charge in [0.1, 0.15) is 5.82 Å². The Kier molecular flexibility index (Phi) is 6.82. The molecule has 0 bridgehead atoms. The Morgan fingerprint density at radius 1 is 0.816 bits per heavy atom. The molecule has 7 heteroatoms. The van der Waals surface area contributed by atoms with E-state index in [1.807, 2.05) is 54.6 Å². The van der Waals surface area contributed by atoms with Crippen LogP contribution < -0.4 is 20.5 Å². The fourth-order valence-electron chi connectivity index (χ4n) is 4.55. The van der Waals surface area contributed by atoms with Crippen molar-refractivity contribution in [3.05, 3.63) is 113 Å². The first kappa shape index (κ1) is 24.6. The molecule has 1 heterocycles. The van der Waals surface area contributed by atoms with Gasteiger partial charge in [-0.3, -0.25) is 9.59 Å². The number of carbonyl (C=O) groups excluding carboxylic acids is 2. The third-order valence-corrected chi connectivity index (χ3v) is 6.46. The number of anilines is 1. The Morgan fingerprint density at radius 3 is 2.26 bits per heavy atom. The molecule has 0 saturated carbocycles. The number of methoxy groups -OCH3 is 2. The third-order valence-electron chi connectivity index (χ3n) is 6.46. The van der Waals surface area contributed by atoms with Crippen molar-refractivity contribution in [2.45, 2.75) is 6.54 Å². The van der Waals surface area contributed by atoms with Gasteiger partial charge in [-0.25, -0.2) is 0 Å². The van der Waals surface area contributed by atoms with Gasteiger partial charge in [-0.05, 0) is 40.1 Å². The van der Waals surface area contributed by atoms with E-state index in [1.54, 1.807) is 50.6 Å². The molecule has 5 aromatic rings. The van der Waals surface area contributed by atoms with E-state index in [9.17, 15) is 9.59 Å². The summed E-state index contributed by atoms with van der Waals surface area (Å²) in [7, 11) is 3.12. The zero-order valence-electron chi connectivity index (χ0n) is 21.1. The molecule has 0 spiro atoms. The minimum atomic E-state index is -0.399. The van der Waals surface area contributed by atoms with Crippen LogP contribution in [0.3, 0.4) is 0 Å². The molecule has 0 fully saturated rings. The number of aromatic amines is 1. The zero-order chi connectivity index (χ0) is 26.6. The maximum Gasteiger partial charge on any atom is 0.255 e. The molecule has 0 atom stereocenters. The number of amides is 1. The fourth-order valence-corrected chi connectivity index (χ4v) is 4.55. The number of hydrogen-bond acceptors (Lipinski definition) is 5. The minimum Gasteiger partial charge on any atom is -0.493 e. The Hall–Kier alpha value is -5.04. The molecule has 38 heavy (non-hydrogen) atoms. The average Bonchev–Trinajstić information content (AvgIpc) is 3.32. The highest BCUT2D eigenvalue weighted by Crippen LogP contribution is 2.35. The second-order valence-electron chi connectivity index (χ2n) is 8.79. The van der Waals surface area contributed by atoms with E-state index in [4.69, 9.17) is 15.2 Å². The van der Waals surface area contributed by atoms with E-state index >= 15 is 0 Å². The number of benzene rings is 4. The first-order valence-electron chi connectivity index (χ1n) is 12.1. The van der Waals surface area contributed by atoms with Crippen molar-refractivity contribution in [2.24, 2.45) is 0 Å². The van der Waals surface area contributed by atoms with Crippen LogP contribution in [0, 0.1) is 0 Å². The van der Waals surface area contributed by atoms with Gasteiger partial charge >= 0.3 is 0 Å². The van der Waals surface area contributed by atoms with Crippen LogP contribution in [0.4, 0.5) is 5.82 Å². The number of nitrogens with two attached hydrogens (primary N) is 1. The molecule has 190 valence electrons. The van der Waals surface area contributed by atoms with E-state index < -0.39 is 5.91 Å². The number of hydrogen-bond donors (Lipinski definition) is 3. The zero-order valence-corrected chi connectivity index (χ0v) is 21.1. The fraction of sp³-hybridized carbons (Fsp3) is 0.0968. The van der Waals surface area contributed by atoms with Crippen molar-refractivity contribution in [2.75, 3.05) is 20.0 Å². The minimum absolute atomic E-state index is 0.122. The molecule has 0 unspecified atom stereocenters. The maximum absolute atomic E-state index is 13.6. The van der Waals surface area contributed by atoms with Crippen molar-refractivity contribution < 1.29 is 19.1 Å². The molecule has 0 aliphatic heterocycles. The lowest BCUT2D eigenvalue weighted by Crippen LogP contribution is -2.24. The number of H-pyrrole nitrogens is 1. The van der Waals surface area contributed by atoms with Crippen molar-refractivity contribution in [3.63, 3.8) is 0 Å². The molecular weight excluding hydrogens is 478 g/mol. The van der Waals surface area contributed by atoms with Crippen molar-refractivity contribution >= 4 is 28.3 Å². The summed E-state index contributed by atoms with van der Waals surface area (Å²) >= 11 is 0. The van der Waals surface area contributed by atoms with Gasteiger partial charge in [0.2, 0.25) is 5.78 Å². The number of aromatic nitrogens is 1. The van der Waals surface area contributed by atoms with E-state index in [-0.39, 0.29) is 29.4 Å². The van der Waals surface area contributed by atoms with Gasteiger partial charge in [-0.15, -0.1) is 0 Å². The predicted molar refractivity (Wildman–Crippen MR) is 149 cm³/mol. The highest BCUT2D eigenvalue weighted by atomic mass is 16.5. The van der Waals surface area contributed by atoms with E-state index in [2.05, 4.69) is 10.3 Å². The molecular formula is C31H27N3O4. The Balaban J connectivity index is 1.56. The van der Waals surface area contributed by atoms with Gasteiger partial charge in [0.15, 0.2) is 11.5 Å². The number of fused-ring (bicyclic) bond motifs is 1. The van der Waals surface area contributed by atoms with Gasteiger partial charge in [-0.2, -0.15) is 0 Å². The molecule has 0 radical (unpaired) electrons. The number of ether oxygens (including phenoxy) is 2. The monoisotopic (exact) mass is 505 g/mol.